The second-order valence-corrected chi connectivity index (χ2v) is 4.65. The lowest BCUT2D eigenvalue weighted by molar-refractivity contribution is -0.143. The highest BCUT2D eigenvalue weighted by Gasteiger charge is 2.11. The first-order chi connectivity index (χ1) is 9.15. The van der Waals surface area contributed by atoms with E-state index in [0.717, 1.165) is 6.42 Å². The van der Waals surface area contributed by atoms with Gasteiger partial charge in [-0.05, 0) is 18.6 Å². The lowest BCUT2D eigenvalue weighted by Crippen LogP contribution is -2.13. The molecule has 0 spiro atoms. The second kappa shape index (κ2) is 5.89. The Morgan fingerprint density at radius 3 is 2.84 bits per heavy atom. The Kier molecular flexibility index (Phi) is 4.22. The van der Waals surface area contributed by atoms with E-state index >= 15 is 0 Å². The smallest absolute Gasteiger partial charge is 0.307 e. The number of nitrogens with zero attached hydrogens (tertiary/aromatic N) is 1. The highest BCUT2D eigenvalue weighted by molar-refractivity contribution is 5.85. The Balaban J connectivity index is 2.12. The summed E-state index contributed by atoms with van der Waals surface area (Å²) in [7, 11) is 2.06. The number of carbonyl (C=O) groups excluding carboxylic acids is 1. The molecule has 0 unspecified atom stereocenters. The van der Waals surface area contributed by atoms with Crippen molar-refractivity contribution >= 4 is 16.9 Å². The van der Waals surface area contributed by atoms with Gasteiger partial charge in [-0.3, -0.25) is 4.79 Å². The maximum Gasteiger partial charge on any atom is 0.307 e. The van der Waals surface area contributed by atoms with Crippen LogP contribution in [-0.4, -0.2) is 23.7 Å². The molecule has 1 aromatic heterocycles. The number of nitrogens with two attached hydrogens (primary N) is 1. The Morgan fingerprint density at radius 1 is 1.37 bits per heavy atom. The number of rotatable bonds is 5. The van der Waals surface area contributed by atoms with Crippen molar-refractivity contribution in [3.8, 4) is 0 Å². The summed E-state index contributed by atoms with van der Waals surface area (Å²) < 4.78 is 7.34. The van der Waals surface area contributed by atoms with Crippen LogP contribution in [0.25, 0.3) is 10.9 Å². The van der Waals surface area contributed by atoms with E-state index in [1.165, 1.54) is 22.2 Å². The second-order valence-electron chi connectivity index (χ2n) is 4.65. The number of carbonyl (C=O) groups is 1. The van der Waals surface area contributed by atoms with Crippen molar-refractivity contribution < 1.29 is 9.53 Å². The SMILES string of the molecule is Cc1c(CCOC(=O)CCN)c2ccccc2n1C. The number of ether oxygens (including phenoxy) is 1. The average molecular weight is 260 g/mol. The van der Waals surface area contributed by atoms with Crippen molar-refractivity contribution in [3.63, 3.8) is 0 Å². The molecule has 2 aromatic rings. The molecule has 4 heteroatoms. The van der Waals surface area contributed by atoms with Gasteiger partial charge in [0.05, 0.1) is 13.0 Å². The van der Waals surface area contributed by atoms with Gasteiger partial charge in [-0.1, -0.05) is 18.2 Å². The summed E-state index contributed by atoms with van der Waals surface area (Å²) in [5.41, 5.74) is 8.99. The van der Waals surface area contributed by atoms with Gasteiger partial charge in [0.1, 0.15) is 0 Å². The van der Waals surface area contributed by atoms with E-state index in [4.69, 9.17) is 10.5 Å². The van der Waals surface area contributed by atoms with Crippen LogP contribution in [0.3, 0.4) is 0 Å². The molecule has 0 aliphatic heterocycles. The molecule has 0 amide bonds. The van der Waals surface area contributed by atoms with Crippen LogP contribution in [0.15, 0.2) is 24.3 Å². The molecule has 4 nitrogen and oxygen atoms in total. The molecule has 2 rings (SSSR count). The Labute approximate surface area is 113 Å². The topological polar surface area (TPSA) is 57.2 Å². The molecule has 0 radical (unpaired) electrons. The van der Waals surface area contributed by atoms with Crippen LogP contribution < -0.4 is 5.73 Å². The van der Waals surface area contributed by atoms with Crippen molar-refractivity contribution in [2.24, 2.45) is 12.8 Å². The van der Waals surface area contributed by atoms with Crippen LogP contribution in [0.4, 0.5) is 0 Å². The highest BCUT2D eigenvalue weighted by Crippen LogP contribution is 2.25. The molecule has 0 saturated heterocycles. The summed E-state index contributed by atoms with van der Waals surface area (Å²) in [6.45, 7) is 2.84. The lowest BCUT2D eigenvalue weighted by atomic mass is 10.1. The molecule has 0 fully saturated rings. The Bertz CT molecular complexity index is 587. The van der Waals surface area contributed by atoms with E-state index in [1.807, 2.05) is 12.1 Å². The Hall–Kier alpha value is -1.81. The predicted octanol–water partition coefficient (Wildman–Crippen LogP) is 1.92. The number of hydrogen-bond acceptors (Lipinski definition) is 3. The van der Waals surface area contributed by atoms with Gasteiger partial charge in [0.15, 0.2) is 0 Å². The van der Waals surface area contributed by atoms with Crippen molar-refractivity contribution in [2.45, 2.75) is 19.8 Å². The largest absolute Gasteiger partial charge is 0.465 e. The van der Waals surface area contributed by atoms with E-state index in [9.17, 15) is 4.79 Å². The highest BCUT2D eigenvalue weighted by atomic mass is 16.5. The average Bonchev–Trinajstić information content (AvgIpc) is 2.65. The zero-order valence-electron chi connectivity index (χ0n) is 11.5. The Morgan fingerprint density at radius 2 is 2.11 bits per heavy atom. The standard InChI is InChI=1S/C15H20N2O2/c1-11-12(8-10-19-15(18)7-9-16)13-5-3-4-6-14(13)17(11)2/h3-6H,7-10,16H2,1-2H3. The number of aromatic nitrogens is 1. The summed E-state index contributed by atoms with van der Waals surface area (Å²) in [6, 6.07) is 8.28. The molecule has 0 aliphatic carbocycles. The zero-order valence-corrected chi connectivity index (χ0v) is 11.5. The maximum atomic E-state index is 11.3. The molecular formula is C15H20N2O2. The molecule has 0 atom stereocenters. The van der Waals surface area contributed by atoms with Gasteiger partial charge in [-0.15, -0.1) is 0 Å². The number of benzene rings is 1. The van der Waals surface area contributed by atoms with Gasteiger partial charge in [-0.25, -0.2) is 0 Å². The van der Waals surface area contributed by atoms with E-state index in [-0.39, 0.29) is 12.4 Å². The van der Waals surface area contributed by atoms with Crippen LogP contribution in [0.2, 0.25) is 0 Å². The zero-order chi connectivity index (χ0) is 13.8. The van der Waals surface area contributed by atoms with Gasteiger partial charge in [-0.2, -0.15) is 0 Å². The van der Waals surface area contributed by atoms with Gasteiger partial charge in [0.2, 0.25) is 0 Å². The van der Waals surface area contributed by atoms with Crippen LogP contribution in [0.1, 0.15) is 17.7 Å². The first kappa shape index (κ1) is 13.6. The minimum atomic E-state index is -0.222. The molecule has 2 N–H and O–H groups in total. The van der Waals surface area contributed by atoms with Gasteiger partial charge >= 0.3 is 5.97 Å². The van der Waals surface area contributed by atoms with E-state index in [0.29, 0.717) is 13.2 Å². The van der Waals surface area contributed by atoms with Gasteiger partial charge < -0.3 is 15.0 Å². The van der Waals surface area contributed by atoms with Crippen molar-refractivity contribution in [3.05, 3.63) is 35.5 Å². The fourth-order valence-electron chi connectivity index (χ4n) is 2.37. The number of esters is 1. The third-order valence-corrected chi connectivity index (χ3v) is 3.49. The molecule has 0 saturated carbocycles. The number of fused-ring (bicyclic) bond motifs is 1. The minimum absolute atomic E-state index is 0.222. The molecular weight excluding hydrogens is 240 g/mol. The minimum Gasteiger partial charge on any atom is -0.465 e. The summed E-state index contributed by atoms with van der Waals surface area (Å²) in [4.78, 5) is 11.3. The summed E-state index contributed by atoms with van der Waals surface area (Å²) >= 11 is 0. The predicted molar refractivity (Wildman–Crippen MR) is 76.0 cm³/mol. The molecule has 0 bridgehead atoms. The third-order valence-electron chi connectivity index (χ3n) is 3.49. The van der Waals surface area contributed by atoms with Crippen molar-refractivity contribution in [1.82, 2.24) is 4.57 Å². The third kappa shape index (κ3) is 2.79. The van der Waals surface area contributed by atoms with Crippen molar-refractivity contribution in [2.75, 3.05) is 13.2 Å². The number of para-hydroxylation sites is 1. The van der Waals surface area contributed by atoms with Crippen molar-refractivity contribution in [1.29, 1.82) is 0 Å². The summed E-state index contributed by atoms with van der Waals surface area (Å²) in [5, 5.41) is 1.23. The van der Waals surface area contributed by atoms with Gasteiger partial charge in [0, 0.05) is 36.6 Å². The fraction of sp³-hybridized carbons (Fsp3) is 0.400. The summed E-state index contributed by atoms with van der Waals surface area (Å²) in [6.07, 6.45) is 1.03. The van der Waals surface area contributed by atoms with Crippen LogP contribution in [-0.2, 0) is 23.0 Å². The summed E-state index contributed by atoms with van der Waals surface area (Å²) in [5.74, 6) is -0.222. The van der Waals surface area contributed by atoms with Crippen LogP contribution >= 0.6 is 0 Å². The first-order valence-electron chi connectivity index (χ1n) is 6.53. The first-order valence-corrected chi connectivity index (χ1v) is 6.53. The quantitative estimate of drug-likeness (QED) is 0.836. The molecule has 19 heavy (non-hydrogen) atoms. The fourth-order valence-corrected chi connectivity index (χ4v) is 2.37. The normalized spacial score (nSPS) is 10.9. The molecule has 102 valence electrons. The molecule has 0 aliphatic rings. The monoisotopic (exact) mass is 260 g/mol. The van der Waals surface area contributed by atoms with Gasteiger partial charge in [0.25, 0.3) is 0 Å². The molecule has 1 heterocycles. The number of hydrogen-bond donors (Lipinski definition) is 1. The number of aryl methyl sites for hydroxylation is 1. The van der Waals surface area contributed by atoms with E-state index < -0.39 is 0 Å². The lowest BCUT2D eigenvalue weighted by Gasteiger charge is -2.05. The maximum absolute atomic E-state index is 11.3. The van der Waals surface area contributed by atoms with Crippen LogP contribution in [0.5, 0.6) is 0 Å². The van der Waals surface area contributed by atoms with Crippen LogP contribution in [0, 0.1) is 6.92 Å². The van der Waals surface area contributed by atoms with E-state index in [2.05, 4.69) is 30.7 Å². The van der Waals surface area contributed by atoms with E-state index in [1.54, 1.807) is 0 Å². The molecule has 1 aromatic carbocycles.